The molecule has 1 heterocycles. The Labute approximate surface area is 226 Å². The summed E-state index contributed by atoms with van der Waals surface area (Å²) < 4.78 is 29.4. The van der Waals surface area contributed by atoms with Crippen LogP contribution in [0.3, 0.4) is 0 Å². The number of esters is 1. The summed E-state index contributed by atoms with van der Waals surface area (Å²) >= 11 is 0. The molecule has 0 bridgehead atoms. The van der Waals surface area contributed by atoms with Gasteiger partial charge >= 0.3 is 13.8 Å². The minimum Gasteiger partial charge on any atom is -0.462 e. The normalized spacial score (nSPS) is 26.8. The van der Waals surface area contributed by atoms with Crippen LogP contribution in [0.1, 0.15) is 110 Å². The van der Waals surface area contributed by atoms with Crippen molar-refractivity contribution >= 4 is 13.8 Å². The zero-order chi connectivity index (χ0) is 27.4. The summed E-state index contributed by atoms with van der Waals surface area (Å²) in [6, 6.07) is 0. The van der Waals surface area contributed by atoms with E-state index in [1.54, 1.807) is 0 Å². The van der Waals surface area contributed by atoms with Crippen LogP contribution in [0.2, 0.25) is 0 Å². The fourth-order valence-electron chi connectivity index (χ4n) is 4.23. The smallest absolute Gasteiger partial charge is 0.462 e. The van der Waals surface area contributed by atoms with Crippen molar-refractivity contribution in [2.24, 2.45) is 0 Å². The minimum absolute atomic E-state index is 0.0535. The highest BCUT2D eigenvalue weighted by Crippen LogP contribution is 2.45. The van der Waals surface area contributed by atoms with E-state index in [0.717, 1.165) is 32.1 Å². The van der Waals surface area contributed by atoms with Crippen LogP contribution in [-0.4, -0.2) is 61.8 Å². The molecule has 1 aliphatic rings. The topological polar surface area (TPSA) is 82.1 Å². The number of allylic oxidation sites excluding steroid dienone is 3. The maximum absolute atomic E-state index is 12.6. The number of phosphoric ester groups is 1. The van der Waals surface area contributed by atoms with E-state index >= 15 is 0 Å². The van der Waals surface area contributed by atoms with Crippen molar-refractivity contribution < 1.29 is 32.5 Å². The van der Waals surface area contributed by atoms with Gasteiger partial charge in [-0.05, 0) is 39.0 Å². The first-order chi connectivity index (χ1) is 17.6. The molecule has 1 rings (SSSR count). The summed E-state index contributed by atoms with van der Waals surface area (Å²) in [7, 11) is 1.68. The third-order valence-electron chi connectivity index (χ3n) is 6.47. The van der Waals surface area contributed by atoms with E-state index in [0.29, 0.717) is 23.9 Å². The molecule has 8 heteroatoms. The largest absolute Gasteiger partial charge is 0.472 e. The molecule has 37 heavy (non-hydrogen) atoms. The van der Waals surface area contributed by atoms with E-state index < -0.39 is 19.9 Å². The lowest BCUT2D eigenvalue weighted by molar-refractivity contribution is -0.870. The van der Waals surface area contributed by atoms with Gasteiger partial charge < -0.3 is 14.1 Å². The summed E-state index contributed by atoms with van der Waals surface area (Å²) in [5.41, 5.74) is 0. The average molecular weight is 545 g/mol. The van der Waals surface area contributed by atoms with Gasteiger partial charge in [0, 0.05) is 6.42 Å². The summed E-state index contributed by atoms with van der Waals surface area (Å²) in [5, 5.41) is 0. The summed E-state index contributed by atoms with van der Waals surface area (Å²) in [5.74, 6) is -0.408. The molecule has 0 aliphatic carbocycles. The number of cyclic esters (lactones) is 1. The number of phosphoric acid groups is 1. The number of quaternary nitrogens is 1. The lowest BCUT2D eigenvalue weighted by atomic mass is 10.0. The van der Waals surface area contributed by atoms with Crippen molar-refractivity contribution in [1.29, 1.82) is 0 Å². The first-order valence-electron chi connectivity index (χ1n) is 14.5. The van der Waals surface area contributed by atoms with Gasteiger partial charge in [0.1, 0.15) is 19.3 Å². The molecule has 0 aromatic rings. The van der Waals surface area contributed by atoms with Gasteiger partial charge in [-0.25, -0.2) is 4.57 Å². The maximum Gasteiger partial charge on any atom is 0.472 e. The monoisotopic (exact) mass is 544 g/mol. The SMILES string of the molecule is C[C@@H]1C/C=C/CC/C=C/CCCCCCCCCCCC[C@@H](OP(=O)(O)OCC[N+](C)(C)C)CC(=O)O1. The molecule has 1 aliphatic heterocycles. The number of hydrogen-bond donors (Lipinski definition) is 1. The highest BCUT2D eigenvalue weighted by molar-refractivity contribution is 7.47. The van der Waals surface area contributed by atoms with Gasteiger partial charge in [0.25, 0.3) is 0 Å². The van der Waals surface area contributed by atoms with Crippen LogP contribution in [0.4, 0.5) is 0 Å². The fourth-order valence-corrected chi connectivity index (χ4v) is 5.16. The van der Waals surface area contributed by atoms with Gasteiger partial charge in [-0.1, -0.05) is 82.1 Å². The zero-order valence-corrected chi connectivity index (χ0v) is 25.0. The number of rotatable bonds is 6. The molecule has 216 valence electrons. The molecular weight excluding hydrogens is 489 g/mol. The van der Waals surface area contributed by atoms with E-state index in [4.69, 9.17) is 13.8 Å². The Kier molecular flexibility index (Phi) is 18.4. The third kappa shape index (κ3) is 21.6. The van der Waals surface area contributed by atoms with E-state index in [9.17, 15) is 14.3 Å². The van der Waals surface area contributed by atoms with Gasteiger partial charge in [-0.2, -0.15) is 0 Å². The van der Waals surface area contributed by atoms with Gasteiger partial charge in [-0.3, -0.25) is 13.8 Å². The molecule has 0 spiro atoms. The molecule has 0 aromatic heterocycles. The van der Waals surface area contributed by atoms with E-state index in [2.05, 4.69) is 24.3 Å². The first kappa shape index (κ1) is 34.0. The lowest BCUT2D eigenvalue weighted by Crippen LogP contribution is -2.37. The van der Waals surface area contributed by atoms with Crippen molar-refractivity contribution in [3.05, 3.63) is 24.3 Å². The summed E-state index contributed by atoms with van der Waals surface area (Å²) in [6.45, 7) is 2.54. The Morgan fingerprint density at radius 1 is 0.892 bits per heavy atom. The van der Waals surface area contributed by atoms with Gasteiger partial charge in [-0.15, -0.1) is 0 Å². The molecule has 0 radical (unpaired) electrons. The summed E-state index contributed by atoms with van der Waals surface area (Å²) in [6.07, 6.45) is 24.0. The molecule has 0 saturated carbocycles. The Morgan fingerprint density at radius 3 is 2.05 bits per heavy atom. The van der Waals surface area contributed by atoms with Crippen LogP contribution < -0.4 is 0 Å². The van der Waals surface area contributed by atoms with Gasteiger partial charge in [0.2, 0.25) is 0 Å². The van der Waals surface area contributed by atoms with Gasteiger partial charge in [0.15, 0.2) is 0 Å². The van der Waals surface area contributed by atoms with Crippen molar-refractivity contribution in [2.75, 3.05) is 34.3 Å². The van der Waals surface area contributed by atoms with Gasteiger partial charge in [0.05, 0.1) is 33.7 Å². The second kappa shape index (κ2) is 20.0. The predicted molar refractivity (Wildman–Crippen MR) is 151 cm³/mol. The molecule has 3 atom stereocenters. The minimum atomic E-state index is -4.26. The predicted octanol–water partition coefficient (Wildman–Crippen LogP) is 7.49. The van der Waals surface area contributed by atoms with Crippen LogP contribution in [0.15, 0.2) is 24.3 Å². The Hall–Kier alpha value is -0.980. The quantitative estimate of drug-likeness (QED) is 0.161. The van der Waals surface area contributed by atoms with E-state index in [1.807, 2.05) is 28.1 Å². The van der Waals surface area contributed by atoms with Crippen LogP contribution in [0, 0.1) is 0 Å². The highest BCUT2D eigenvalue weighted by Gasteiger charge is 2.29. The van der Waals surface area contributed by atoms with Crippen LogP contribution in [0.5, 0.6) is 0 Å². The average Bonchev–Trinajstić information content (AvgIpc) is 2.78. The van der Waals surface area contributed by atoms with Crippen LogP contribution >= 0.6 is 7.82 Å². The standard InChI is InChI=1S/C29H54NO6P/c1-27-22-20-18-16-14-12-10-8-6-5-7-9-11-13-15-17-19-21-23-28(26-29(31)35-27)36-37(32,33)34-25-24-30(2,3)4/h10,12,18,20,27-28H,5-9,11,13-17,19,21-26H2,1-4H3/p+1/b12-10+,20-18+/t27-,28-/m1/s1. The third-order valence-corrected chi connectivity index (χ3v) is 7.55. The highest BCUT2D eigenvalue weighted by atomic mass is 31.2. The second-order valence-corrected chi connectivity index (χ2v) is 12.8. The van der Waals surface area contributed by atoms with Crippen molar-refractivity contribution in [3.63, 3.8) is 0 Å². The molecule has 0 saturated heterocycles. The number of hydrogen-bond acceptors (Lipinski definition) is 5. The Morgan fingerprint density at radius 2 is 1.43 bits per heavy atom. The maximum atomic E-state index is 12.6. The molecule has 1 unspecified atom stereocenters. The second-order valence-electron chi connectivity index (χ2n) is 11.4. The van der Waals surface area contributed by atoms with Crippen molar-refractivity contribution in [3.8, 4) is 0 Å². The molecule has 1 N–H and O–H groups in total. The lowest BCUT2D eigenvalue weighted by Gasteiger charge is -2.25. The molecule has 0 amide bonds. The number of likely N-dealkylation sites (N-methyl/N-ethyl adjacent to an activating group) is 1. The Balaban J connectivity index is 2.65. The number of ether oxygens (including phenoxy) is 1. The van der Waals surface area contributed by atoms with E-state index in [-0.39, 0.29) is 19.1 Å². The molecular formula is C29H55NO6P+. The zero-order valence-electron chi connectivity index (χ0n) is 24.1. The molecule has 0 aromatic carbocycles. The summed E-state index contributed by atoms with van der Waals surface area (Å²) in [4.78, 5) is 22.9. The Bertz CT molecular complexity index is 703. The van der Waals surface area contributed by atoms with E-state index in [1.165, 1.54) is 51.4 Å². The molecule has 7 nitrogen and oxygen atoms in total. The molecule has 0 fully saturated rings. The van der Waals surface area contributed by atoms with Crippen molar-refractivity contribution in [1.82, 2.24) is 0 Å². The fraction of sp³-hybridized carbons (Fsp3) is 0.828. The van der Waals surface area contributed by atoms with Crippen molar-refractivity contribution in [2.45, 2.75) is 122 Å². The number of carbonyl (C=O) groups is 1. The van der Waals surface area contributed by atoms with Crippen LogP contribution in [-0.2, 0) is 23.1 Å². The first-order valence-corrected chi connectivity index (χ1v) is 16.0. The number of carbonyl (C=O) groups excluding carboxylic acids is 1. The van der Waals surface area contributed by atoms with Crippen LogP contribution in [0.25, 0.3) is 0 Å². The number of nitrogens with zero attached hydrogens (tertiary/aromatic N) is 1.